The number of nitrogens with one attached hydrogen (secondary N) is 2. The van der Waals surface area contributed by atoms with E-state index in [0.29, 0.717) is 48.4 Å². The van der Waals surface area contributed by atoms with Crippen LogP contribution in [0.2, 0.25) is 10.0 Å². The fourth-order valence-corrected chi connectivity index (χ4v) is 5.82. The van der Waals surface area contributed by atoms with Gasteiger partial charge in [-0.15, -0.1) is 0 Å². The van der Waals surface area contributed by atoms with Crippen LogP contribution >= 0.6 is 23.2 Å². The second kappa shape index (κ2) is 9.89. The second-order valence-corrected chi connectivity index (χ2v) is 11.2. The van der Waals surface area contributed by atoms with Crippen molar-refractivity contribution in [1.29, 1.82) is 0 Å². The molecule has 3 aliphatic rings. The number of carbonyl (C=O) groups is 2. The van der Waals surface area contributed by atoms with Crippen LogP contribution in [0, 0.1) is 5.82 Å². The first-order chi connectivity index (χ1) is 18.3. The maximum absolute atomic E-state index is 14.2. The third-order valence-electron chi connectivity index (χ3n) is 7.66. The molecule has 7 nitrogen and oxygen atoms in total. The van der Waals surface area contributed by atoms with Crippen LogP contribution < -0.4 is 20.8 Å². The van der Waals surface area contributed by atoms with E-state index in [1.807, 2.05) is 10.6 Å². The Balaban J connectivity index is 1.08. The molecule has 0 radical (unpaired) electrons. The second-order valence-electron chi connectivity index (χ2n) is 10.4. The van der Waals surface area contributed by atoms with Gasteiger partial charge >= 0.3 is 0 Å². The zero-order chi connectivity index (χ0) is 26.6. The van der Waals surface area contributed by atoms with Gasteiger partial charge in [0.1, 0.15) is 17.1 Å². The van der Waals surface area contributed by atoms with Crippen molar-refractivity contribution in [3.8, 4) is 5.75 Å². The number of aromatic nitrogens is 1. The molecule has 6 rings (SSSR count). The zero-order valence-corrected chi connectivity index (χ0v) is 21.9. The monoisotopic (exact) mass is 557 g/mol. The fraction of sp³-hybridized carbons (Fsp3) is 0.393. The number of fused-ring (bicyclic) bond motifs is 2. The van der Waals surface area contributed by atoms with Gasteiger partial charge in [0.25, 0.3) is 11.8 Å². The Labute approximate surface area is 228 Å². The van der Waals surface area contributed by atoms with E-state index in [4.69, 9.17) is 27.9 Å². The fourth-order valence-electron chi connectivity index (χ4n) is 5.46. The SMILES string of the molecule is O=C(N[C@H]1CC[C@H](NC(=O)C2Cc3cc(Cl)ccc3O2)CC1)c1cn(C2CC2)c2cc(Cl)c(F)cc2c1=O. The molecule has 2 aromatic carbocycles. The molecule has 2 aliphatic carbocycles. The maximum atomic E-state index is 14.2. The summed E-state index contributed by atoms with van der Waals surface area (Å²) in [6.45, 7) is 0. The molecular weight excluding hydrogens is 532 g/mol. The lowest BCUT2D eigenvalue weighted by Gasteiger charge is -2.30. The van der Waals surface area contributed by atoms with Gasteiger partial charge in [0, 0.05) is 41.2 Å². The number of carbonyl (C=O) groups excluding carboxylic acids is 2. The summed E-state index contributed by atoms with van der Waals surface area (Å²) in [5.41, 5.74) is 0.947. The Morgan fingerprint density at radius 1 is 0.974 bits per heavy atom. The van der Waals surface area contributed by atoms with Crippen LogP contribution in [0.5, 0.6) is 5.75 Å². The number of hydrogen-bond acceptors (Lipinski definition) is 4. The van der Waals surface area contributed by atoms with Crippen LogP contribution in [0.4, 0.5) is 4.39 Å². The predicted octanol–water partition coefficient (Wildman–Crippen LogP) is 4.94. The zero-order valence-electron chi connectivity index (χ0n) is 20.4. The van der Waals surface area contributed by atoms with Crippen molar-refractivity contribution in [2.24, 2.45) is 0 Å². The van der Waals surface area contributed by atoms with Crippen molar-refractivity contribution < 1.29 is 18.7 Å². The summed E-state index contributed by atoms with van der Waals surface area (Å²) in [6.07, 6.45) is 6.02. The summed E-state index contributed by atoms with van der Waals surface area (Å²) in [7, 11) is 0. The number of benzene rings is 2. The van der Waals surface area contributed by atoms with Crippen molar-refractivity contribution in [1.82, 2.24) is 15.2 Å². The van der Waals surface area contributed by atoms with Crippen LogP contribution in [-0.2, 0) is 11.2 Å². The van der Waals surface area contributed by atoms with E-state index in [1.165, 1.54) is 6.07 Å². The molecule has 1 unspecified atom stereocenters. The quantitative estimate of drug-likeness (QED) is 0.464. The Morgan fingerprint density at radius 3 is 2.39 bits per heavy atom. The van der Waals surface area contributed by atoms with Crippen molar-refractivity contribution in [2.45, 2.75) is 69.2 Å². The molecule has 2 amide bonds. The first-order valence-electron chi connectivity index (χ1n) is 12.9. The Kier molecular flexibility index (Phi) is 6.56. The van der Waals surface area contributed by atoms with E-state index in [1.54, 1.807) is 18.3 Å². The minimum atomic E-state index is -0.688. The third-order valence-corrected chi connectivity index (χ3v) is 8.18. The highest BCUT2D eigenvalue weighted by atomic mass is 35.5. The molecule has 2 heterocycles. The number of hydrogen-bond donors (Lipinski definition) is 2. The first-order valence-corrected chi connectivity index (χ1v) is 13.6. The highest BCUT2D eigenvalue weighted by molar-refractivity contribution is 6.31. The topological polar surface area (TPSA) is 89.4 Å². The molecule has 38 heavy (non-hydrogen) atoms. The van der Waals surface area contributed by atoms with Crippen LogP contribution in [0.1, 0.15) is 60.5 Å². The number of ether oxygens (including phenoxy) is 1. The van der Waals surface area contributed by atoms with Gasteiger partial charge in [0.2, 0.25) is 5.43 Å². The van der Waals surface area contributed by atoms with Gasteiger partial charge < -0.3 is 19.9 Å². The van der Waals surface area contributed by atoms with E-state index in [0.717, 1.165) is 24.5 Å². The Hall–Kier alpha value is -3.10. The van der Waals surface area contributed by atoms with Gasteiger partial charge in [-0.25, -0.2) is 4.39 Å². The number of pyridine rings is 1. The van der Waals surface area contributed by atoms with E-state index < -0.39 is 23.3 Å². The molecule has 0 saturated heterocycles. The van der Waals surface area contributed by atoms with Gasteiger partial charge in [-0.05, 0) is 74.4 Å². The van der Waals surface area contributed by atoms with Gasteiger partial charge in [-0.1, -0.05) is 23.2 Å². The number of nitrogens with zero attached hydrogens (tertiary/aromatic N) is 1. The molecule has 10 heteroatoms. The van der Waals surface area contributed by atoms with E-state index >= 15 is 0 Å². The van der Waals surface area contributed by atoms with Gasteiger partial charge in [-0.3, -0.25) is 14.4 Å². The molecule has 0 spiro atoms. The summed E-state index contributed by atoms with van der Waals surface area (Å²) in [6, 6.07) is 7.92. The summed E-state index contributed by atoms with van der Waals surface area (Å²) in [4.78, 5) is 39.1. The lowest BCUT2D eigenvalue weighted by Crippen LogP contribution is -2.47. The van der Waals surface area contributed by atoms with Crippen molar-refractivity contribution in [3.63, 3.8) is 0 Å². The standard InChI is InChI=1S/C28H26Cl2FN3O4/c29-15-1-8-24-14(9-15)10-25(38-24)28(37)33-17-4-2-16(3-5-17)32-27(36)20-13-34(18-6-7-18)23-12-21(30)22(31)11-19(23)26(20)35/h1,8-9,11-13,16-18,25H,2-7,10H2,(H,32,36)(H,33,37)/t16-,17-,25?. The largest absolute Gasteiger partial charge is 0.480 e. The molecule has 2 fully saturated rings. The highest BCUT2D eigenvalue weighted by Gasteiger charge is 2.32. The molecular formula is C28H26Cl2FN3O4. The highest BCUT2D eigenvalue weighted by Crippen LogP contribution is 2.38. The molecule has 2 N–H and O–H groups in total. The minimum Gasteiger partial charge on any atom is -0.480 e. The predicted molar refractivity (Wildman–Crippen MR) is 143 cm³/mol. The molecule has 2 saturated carbocycles. The van der Waals surface area contributed by atoms with Crippen molar-refractivity contribution in [2.75, 3.05) is 0 Å². The van der Waals surface area contributed by atoms with Gasteiger partial charge in [0.05, 0.1) is 10.5 Å². The summed E-state index contributed by atoms with van der Waals surface area (Å²) in [5.74, 6) is -0.632. The lowest BCUT2D eigenvalue weighted by atomic mass is 9.90. The smallest absolute Gasteiger partial charge is 0.261 e. The summed E-state index contributed by atoms with van der Waals surface area (Å²) >= 11 is 12.0. The molecule has 0 bridgehead atoms. The average molecular weight is 558 g/mol. The van der Waals surface area contributed by atoms with Gasteiger partial charge in [0.15, 0.2) is 6.10 Å². The first kappa shape index (κ1) is 25.2. The number of amides is 2. The Bertz CT molecular complexity index is 1510. The molecule has 1 atom stereocenters. The van der Waals surface area contributed by atoms with Crippen LogP contribution in [0.15, 0.2) is 41.3 Å². The normalized spacial score (nSPS) is 22.6. The molecule has 3 aromatic rings. The van der Waals surface area contributed by atoms with E-state index in [9.17, 15) is 18.8 Å². The van der Waals surface area contributed by atoms with E-state index in [-0.39, 0.29) is 40.0 Å². The van der Waals surface area contributed by atoms with Crippen LogP contribution in [0.3, 0.4) is 0 Å². The van der Waals surface area contributed by atoms with Crippen LogP contribution in [-0.4, -0.2) is 34.6 Å². The van der Waals surface area contributed by atoms with Gasteiger partial charge in [-0.2, -0.15) is 0 Å². The molecule has 1 aliphatic heterocycles. The molecule has 198 valence electrons. The Morgan fingerprint density at radius 2 is 1.68 bits per heavy atom. The third kappa shape index (κ3) is 4.87. The van der Waals surface area contributed by atoms with Crippen molar-refractivity contribution in [3.05, 3.63) is 73.7 Å². The lowest BCUT2D eigenvalue weighted by molar-refractivity contribution is -0.128. The number of halogens is 3. The number of rotatable bonds is 5. The summed E-state index contributed by atoms with van der Waals surface area (Å²) < 4.78 is 21.8. The maximum Gasteiger partial charge on any atom is 0.261 e. The van der Waals surface area contributed by atoms with Crippen molar-refractivity contribution >= 4 is 45.9 Å². The molecule has 1 aromatic heterocycles. The minimum absolute atomic E-state index is 0.000370. The van der Waals surface area contributed by atoms with E-state index in [2.05, 4.69) is 10.6 Å². The average Bonchev–Trinajstić information content (AvgIpc) is 3.64. The summed E-state index contributed by atoms with van der Waals surface area (Å²) in [5, 5.41) is 6.76. The van der Waals surface area contributed by atoms with Crippen LogP contribution in [0.25, 0.3) is 10.9 Å².